The van der Waals surface area contributed by atoms with Crippen molar-refractivity contribution in [2.75, 3.05) is 37.3 Å². The first kappa shape index (κ1) is 19.7. The molecule has 0 radical (unpaired) electrons. The maximum Gasteiger partial charge on any atom is 0.307 e. The summed E-state index contributed by atoms with van der Waals surface area (Å²) in [4.78, 5) is 28.5. The summed E-state index contributed by atoms with van der Waals surface area (Å²) in [6, 6.07) is 6.77. The van der Waals surface area contributed by atoms with Gasteiger partial charge in [0.05, 0.1) is 16.7 Å². The Morgan fingerprint density at radius 1 is 0.963 bits per heavy atom. The number of hydrogen-bond acceptors (Lipinski definition) is 5. The molecule has 2 aliphatic rings. The van der Waals surface area contributed by atoms with Gasteiger partial charge in [0.25, 0.3) is 0 Å². The minimum absolute atomic E-state index is 0.0332. The molecule has 1 N–H and O–H groups in total. The maximum atomic E-state index is 12.8. The van der Waals surface area contributed by atoms with E-state index in [9.17, 15) is 23.1 Å². The number of piperazine rings is 1. The molecule has 1 aromatic carbocycles. The normalized spacial score (nSPS) is 23.9. The summed E-state index contributed by atoms with van der Waals surface area (Å²) >= 11 is 0. The Hall–Kier alpha value is -2.09. The van der Waals surface area contributed by atoms with Gasteiger partial charge >= 0.3 is 5.97 Å². The van der Waals surface area contributed by atoms with E-state index in [-0.39, 0.29) is 10.8 Å². The Labute approximate surface area is 159 Å². The highest BCUT2D eigenvalue weighted by Gasteiger charge is 2.38. The molecule has 1 aromatic rings. The summed E-state index contributed by atoms with van der Waals surface area (Å²) in [5.74, 6) is -1.86. The monoisotopic (exact) mass is 394 g/mol. The molecule has 1 aliphatic carbocycles. The fourth-order valence-electron chi connectivity index (χ4n) is 4.05. The van der Waals surface area contributed by atoms with Gasteiger partial charge < -0.3 is 14.9 Å². The van der Waals surface area contributed by atoms with Crippen molar-refractivity contribution in [2.45, 2.75) is 30.6 Å². The van der Waals surface area contributed by atoms with Gasteiger partial charge in [0.1, 0.15) is 0 Å². The Morgan fingerprint density at radius 2 is 1.52 bits per heavy atom. The first-order valence-electron chi connectivity index (χ1n) is 9.34. The van der Waals surface area contributed by atoms with Crippen LogP contribution in [0, 0.1) is 11.8 Å². The molecule has 27 heavy (non-hydrogen) atoms. The number of carbonyl (C=O) groups is 2. The van der Waals surface area contributed by atoms with Crippen molar-refractivity contribution in [2.24, 2.45) is 11.8 Å². The van der Waals surface area contributed by atoms with Crippen LogP contribution in [-0.2, 0) is 19.4 Å². The number of sulfone groups is 1. The zero-order chi connectivity index (χ0) is 19.6. The van der Waals surface area contributed by atoms with Crippen LogP contribution in [-0.4, -0.2) is 62.7 Å². The second-order valence-electron chi connectivity index (χ2n) is 7.41. The fourth-order valence-corrected chi connectivity index (χ4v) is 4.68. The van der Waals surface area contributed by atoms with Crippen LogP contribution in [0.2, 0.25) is 0 Å². The lowest BCUT2D eigenvalue weighted by Crippen LogP contribution is -2.52. The van der Waals surface area contributed by atoms with Crippen LogP contribution < -0.4 is 4.90 Å². The molecule has 0 aromatic heterocycles. The van der Waals surface area contributed by atoms with Crippen LogP contribution in [0.25, 0.3) is 0 Å². The van der Waals surface area contributed by atoms with E-state index in [0.29, 0.717) is 39.0 Å². The summed E-state index contributed by atoms with van der Waals surface area (Å²) < 4.78 is 23.1. The summed E-state index contributed by atoms with van der Waals surface area (Å²) in [5.41, 5.74) is 0.926. The van der Waals surface area contributed by atoms with Gasteiger partial charge in [0.15, 0.2) is 9.84 Å². The molecule has 2 fully saturated rings. The van der Waals surface area contributed by atoms with Crippen molar-refractivity contribution in [3.8, 4) is 0 Å². The predicted molar refractivity (Wildman–Crippen MR) is 101 cm³/mol. The van der Waals surface area contributed by atoms with Crippen molar-refractivity contribution in [3.63, 3.8) is 0 Å². The van der Waals surface area contributed by atoms with E-state index in [1.54, 1.807) is 29.2 Å². The average Bonchev–Trinajstić information content (AvgIpc) is 2.67. The Bertz CT molecular complexity index is 798. The van der Waals surface area contributed by atoms with Gasteiger partial charge in [-0.25, -0.2) is 8.42 Å². The lowest BCUT2D eigenvalue weighted by Gasteiger charge is -2.39. The number of nitrogens with zero attached hydrogens (tertiary/aromatic N) is 2. The molecule has 1 saturated heterocycles. The number of hydrogen-bond donors (Lipinski definition) is 1. The molecular weight excluding hydrogens is 368 g/mol. The minimum atomic E-state index is -3.21. The van der Waals surface area contributed by atoms with E-state index >= 15 is 0 Å². The standard InChI is InChI=1S/C19H26N2O5S/c1-27(25,26)15-8-6-14(7-9-15)20-10-12-21(13-11-20)18(22)16-4-2-3-5-17(16)19(23)24/h6-9,16-17H,2-5,10-13H2,1H3,(H,23,24)/t16-,17-/m1/s1. The zero-order valence-corrected chi connectivity index (χ0v) is 16.3. The van der Waals surface area contributed by atoms with Crippen molar-refractivity contribution in [1.82, 2.24) is 4.90 Å². The topological polar surface area (TPSA) is 95.0 Å². The van der Waals surface area contributed by atoms with E-state index < -0.39 is 27.6 Å². The first-order chi connectivity index (χ1) is 12.8. The van der Waals surface area contributed by atoms with Crippen molar-refractivity contribution in [1.29, 1.82) is 0 Å². The molecule has 1 aliphatic heterocycles. The van der Waals surface area contributed by atoms with E-state index in [1.807, 2.05) is 0 Å². The predicted octanol–water partition coefficient (Wildman–Crippen LogP) is 1.63. The highest BCUT2D eigenvalue weighted by molar-refractivity contribution is 7.90. The van der Waals surface area contributed by atoms with E-state index in [2.05, 4.69) is 4.90 Å². The average molecular weight is 394 g/mol. The lowest BCUT2D eigenvalue weighted by atomic mass is 9.78. The number of aliphatic carboxylic acids is 1. The molecule has 7 nitrogen and oxygen atoms in total. The van der Waals surface area contributed by atoms with Gasteiger partial charge in [0, 0.05) is 38.1 Å². The molecule has 0 unspecified atom stereocenters. The van der Waals surface area contributed by atoms with Crippen LogP contribution >= 0.6 is 0 Å². The van der Waals surface area contributed by atoms with E-state index in [1.165, 1.54) is 6.26 Å². The molecule has 8 heteroatoms. The third-order valence-corrected chi connectivity index (χ3v) is 6.75. The number of benzene rings is 1. The fraction of sp³-hybridized carbons (Fsp3) is 0.579. The summed E-state index contributed by atoms with van der Waals surface area (Å²) in [7, 11) is -3.21. The summed E-state index contributed by atoms with van der Waals surface area (Å²) in [6.07, 6.45) is 4.20. The molecule has 1 amide bonds. The third-order valence-electron chi connectivity index (χ3n) is 5.62. The number of amides is 1. The first-order valence-corrected chi connectivity index (χ1v) is 11.2. The van der Waals surface area contributed by atoms with Gasteiger partial charge in [0.2, 0.25) is 5.91 Å². The molecule has 148 valence electrons. The smallest absolute Gasteiger partial charge is 0.307 e. The molecule has 0 spiro atoms. The van der Waals surface area contributed by atoms with Crippen molar-refractivity contribution >= 4 is 27.4 Å². The van der Waals surface area contributed by atoms with Crippen molar-refractivity contribution in [3.05, 3.63) is 24.3 Å². The molecule has 3 rings (SSSR count). The molecule has 2 atom stereocenters. The van der Waals surface area contributed by atoms with Gasteiger partial charge in [-0.3, -0.25) is 9.59 Å². The number of carbonyl (C=O) groups excluding carboxylic acids is 1. The van der Waals surface area contributed by atoms with E-state index in [0.717, 1.165) is 18.5 Å². The van der Waals surface area contributed by atoms with E-state index in [4.69, 9.17) is 0 Å². The zero-order valence-electron chi connectivity index (χ0n) is 15.5. The van der Waals surface area contributed by atoms with Gasteiger partial charge in [-0.2, -0.15) is 0 Å². The molecule has 0 bridgehead atoms. The second kappa shape index (κ2) is 7.88. The van der Waals surface area contributed by atoms with Crippen LogP contribution in [0.5, 0.6) is 0 Å². The highest BCUT2D eigenvalue weighted by Crippen LogP contribution is 2.32. The Balaban J connectivity index is 1.61. The van der Waals surface area contributed by atoms with Crippen LogP contribution in [0.4, 0.5) is 5.69 Å². The largest absolute Gasteiger partial charge is 0.481 e. The van der Waals surface area contributed by atoms with Gasteiger partial charge in [-0.1, -0.05) is 12.8 Å². The SMILES string of the molecule is CS(=O)(=O)c1ccc(N2CCN(C(=O)[C@@H]3CCCC[C@H]3C(=O)O)CC2)cc1. The maximum absolute atomic E-state index is 12.8. The number of carboxylic acid groups (broad SMARTS) is 1. The molecule has 1 saturated carbocycles. The van der Waals surface area contributed by atoms with Gasteiger partial charge in [-0.05, 0) is 37.1 Å². The number of carboxylic acids is 1. The van der Waals surface area contributed by atoms with Gasteiger partial charge in [-0.15, -0.1) is 0 Å². The molecular formula is C19H26N2O5S. The van der Waals surface area contributed by atoms with Crippen LogP contribution in [0.1, 0.15) is 25.7 Å². The quantitative estimate of drug-likeness (QED) is 0.834. The summed E-state index contributed by atoms with van der Waals surface area (Å²) in [6.45, 7) is 2.40. The number of anilines is 1. The lowest BCUT2D eigenvalue weighted by molar-refractivity contribution is -0.152. The van der Waals surface area contributed by atoms with Crippen molar-refractivity contribution < 1.29 is 23.1 Å². The Kier molecular flexibility index (Phi) is 5.74. The van der Waals surface area contributed by atoms with Crippen LogP contribution in [0.15, 0.2) is 29.2 Å². The highest BCUT2D eigenvalue weighted by atomic mass is 32.2. The molecule has 1 heterocycles. The minimum Gasteiger partial charge on any atom is -0.481 e. The Morgan fingerprint density at radius 3 is 2.04 bits per heavy atom. The second-order valence-corrected chi connectivity index (χ2v) is 9.43. The number of rotatable bonds is 4. The summed E-state index contributed by atoms with van der Waals surface area (Å²) in [5, 5.41) is 9.40. The third kappa shape index (κ3) is 4.43. The van der Waals surface area contributed by atoms with Crippen LogP contribution in [0.3, 0.4) is 0 Å².